The van der Waals surface area contributed by atoms with Crippen molar-refractivity contribution in [3.63, 3.8) is 0 Å². The third-order valence-electron chi connectivity index (χ3n) is 10.6. The van der Waals surface area contributed by atoms with Crippen molar-refractivity contribution in [2.75, 3.05) is 0 Å². The number of nitrogens with zero attached hydrogens (tertiary/aromatic N) is 6. The van der Waals surface area contributed by atoms with Crippen LogP contribution < -0.4 is 0 Å². The van der Waals surface area contributed by atoms with E-state index in [2.05, 4.69) is 124 Å². The average molecular weight is 717 g/mol. The molecule has 0 aliphatic heterocycles. The monoisotopic (exact) mass is 716 g/mol. The summed E-state index contributed by atoms with van der Waals surface area (Å²) in [6.45, 7) is 0. The van der Waals surface area contributed by atoms with E-state index in [1.807, 2.05) is 79.0 Å². The molecule has 0 radical (unpaired) electrons. The Morgan fingerprint density at radius 2 is 0.804 bits per heavy atom. The SMILES string of the molecule is c1ccc(-c2nc(-c3ccccc3)nc(-c3cccc(-n4c5ccccc5c5ccc(-c6ccc7c8cccnc8n(-c8ccccc8)c7c6)cc54)c3)n2)cc1. The van der Waals surface area contributed by atoms with Gasteiger partial charge in [-0.05, 0) is 65.7 Å². The lowest BCUT2D eigenvalue weighted by atomic mass is 10.0. The Kier molecular flexibility index (Phi) is 7.38. The van der Waals surface area contributed by atoms with Crippen molar-refractivity contribution in [3.05, 3.63) is 194 Å². The summed E-state index contributed by atoms with van der Waals surface area (Å²) in [6, 6.07) is 65.6. The highest BCUT2D eigenvalue weighted by Crippen LogP contribution is 2.38. The smallest absolute Gasteiger partial charge is 0.164 e. The van der Waals surface area contributed by atoms with E-state index in [1.165, 1.54) is 16.2 Å². The summed E-state index contributed by atoms with van der Waals surface area (Å²) in [5.74, 6) is 1.90. The van der Waals surface area contributed by atoms with Crippen molar-refractivity contribution in [1.82, 2.24) is 29.1 Å². The zero-order valence-corrected chi connectivity index (χ0v) is 30.2. The molecule has 0 aliphatic rings. The highest BCUT2D eigenvalue weighted by molar-refractivity contribution is 6.11. The minimum absolute atomic E-state index is 0.623. The van der Waals surface area contributed by atoms with Crippen LogP contribution in [0, 0.1) is 0 Å². The number of fused-ring (bicyclic) bond motifs is 6. The van der Waals surface area contributed by atoms with Crippen LogP contribution >= 0.6 is 0 Å². The highest BCUT2D eigenvalue weighted by atomic mass is 15.1. The molecule has 0 bridgehead atoms. The van der Waals surface area contributed by atoms with E-state index in [-0.39, 0.29) is 0 Å². The van der Waals surface area contributed by atoms with Crippen molar-refractivity contribution < 1.29 is 0 Å². The molecule has 0 spiro atoms. The summed E-state index contributed by atoms with van der Waals surface area (Å²) in [4.78, 5) is 19.8. The molecule has 11 rings (SSSR count). The molecule has 0 amide bonds. The molecule has 0 unspecified atom stereocenters. The van der Waals surface area contributed by atoms with Gasteiger partial charge in [0.1, 0.15) is 5.65 Å². The van der Waals surface area contributed by atoms with E-state index in [1.54, 1.807) is 0 Å². The van der Waals surface area contributed by atoms with Gasteiger partial charge < -0.3 is 4.57 Å². The second-order valence-electron chi connectivity index (χ2n) is 14.0. The molecule has 0 saturated carbocycles. The standard InChI is InChI=1S/C50H32N6/c1-4-14-33(15-5-1)47-52-48(34-16-6-2-7-17-34)54-49(53-47)37-18-12-21-39(30-37)55-44-24-11-10-22-40(44)41-27-25-35(31-45(41)55)36-26-28-42-43-23-13-29-51-50(43)56(46(42)32-36)38-19-8-3-9-20-38/h1-32H. The van der Waals surface area contributed by atoms with E-state index < -0.39 is 0 Å². The third-order valence-corrected chi connectivity index (χ3v) is 10.6. The number of aromatic nitrogens is 6. The van der Waals surface area contributed by atoms with Gasteiger partial charge in [-0.1, -0.05) is 133 Å². The first-order chi connectivity index (χ1) is 27.8. The summed E-state index contributed by atoms with van der Waals surface area (Å²) in [5.41, 5.74) is 11.5. The Labute approximate surface area is 322 Å². The molecule has 56 heavy (non-hydrogen) atoms. The number of hydrogen-bond donors (Lipinski definition) is 0. The molecule has 0 saturated heterocycles. The first-order valence-electron chi connectivity index (χ1n) is 18.7. The fraction of sp³-hybridized carbons (Fsp3) is 0. The average Bonchev–Trinajstić information content (AvgIpc) is 3.79. The maximum atomic E-state index is 5.03. The summed E-state index contributed by atoms with van der Waals surface area (Å²) < 4.78 is 4.63. The van der Waals surface area contributed by atoms with Crippen LogP contribution in [0.3, 0.4) is 0 Å². The summed E-state index contributed by atoms with van der Waals surface area (Å²) >= 11 is 0. The molecule has 6 nitrogen and oxygen atoms in total. The predicted molar refractivity (Wildman–Crippen MR) is 228 cm³/mol. The van der Waals surface area contributed by atoms with E-state index in [9.17, 15) is 0 Å². The van der Waals surface area contributed by atoms with Crippen LogP contribution in [0.2, 0.25) is 0 Å². The van der Waals surface area contributed by atoms with E-state index in [4.69, 9.17) is 19.9 Å². The maximum absolute atomic E-state index is 5.03. The Morgan fingerprint density at radius 3 is 1.48 bits per heavy atom. The lowest BCUT2D eigenvalue weighted by Crippen LogP contribution is -2.01. The molecule has 0 fully saturated rings. The van der Waals surface area contributed by atoms with Crippen molar-refractivity contribution in [2.24, 2.45) is 0 Å². The van der Waals surface area contributed by atoms with Gasteiger partial charge in [0, 0.05) is 55.8 Å². The summed E-state index contributed by atoms with van der Waals surface area (Å²) in [5, 5.41) is 4.70. The molecule has 0 aliphatic carbocycles. The fourth-order valence-corrected chi connectivity index (χ4v) is 8.01. The van der Waals surface area contributed by atoms with Gasteiger partial charge in [-0.15, -0.1) is 0 Å². The van der Waals surface area contributed by atoms with Crippen LogP contribution in [0.5, 0.6) is 0 Å². The quantitative estimate of drug-likeness (QED) is 0.172. The first kappa shape index (κ1) is 31.8. The largest absolute Gasteiger partial charge is 0.309 e. The molecule has 6 heteroatoms. The summed E-state index contributed by atoms with van der Waals surface area (Å²) in [7, 11) is 0. The van der Waals surface area contributed by atoms with Crippen LogP contribution in [-0.4, -0.2) is 29.1 Å². The zero-order chi connectivity index (χ0) is 37.0. The fourth-order valence-electron chi connectivity index (χ4n) is 8.01. The van der Waals surface area contributed by atoms with Crippen molar-refractivity contribution in [1.29, 1.82) is 0 Å². The minimum atomic E-state index is 0.623. The molecule has 0 N–H and O–H groups in total. The topological polar surface area (TPSA) is 61.4 Å². The molecule has 11 aromatic rings. The lowest BCUT2D eigenvalue weighted by molar-refractivity contribution is 1.07. The van der Waals surface area contributed by atoms with Crippen molar-refractivity contribution in [2.45, 2.75) is 0 Å². The number of pyridine rings is 1. The van der Waals surface area contributed by atoms with Gasteiger partial charge in [0.05, 0.1) is 16.6 Å². The highest BCUT2D eigenvalue weighted by Gasteiger charge is 2.18. The second kappa shape index (κ2) is 13.0. The molecule has 4 aromatic heterocycles. The number of hydrogen-bond acceptors (Lipinski definition) is 4. The van der Waals surface area contributed by atoms with Gasteiger partial charge in [-0.2, -0.15) is 0 Å². The normalized spacial score (nSPS) is 11.6. The first-order valence-corrected chi connectivity index (χ1v) is 18.7. The molecule has 0 atom stereocenters. The number of rotatable bonds is 6. The molecule has 262 valence electrons. The summed E-state index contributed by atoms with van der Waals surface area (Å²) in [6.07, 6.45) is 1.87. The van der Waals surface area contributed by atoms with Crippen LogP contribution in [0.25, 0.3) is 100 Å². The third kappa shape index (κ3) is 5.27. The molecule has 7 aromatic carbocycles. The van der Waals surface area contributed by atoms with E-state index in [0.717, 1.165) is 66.8 Å². The van der Waals surface area contributed by atoms with Crippen molar-refractivity contribution >= 4 is 43.7 Å². The molecular weight excluding hydrogens is 685 g/mol. The van der Waals surface area contributed by atoms with Gasteiger partial charge >= 0.3 is 0 Å². The molecular formula is C50H32N6. The van der Waals surface area contributed by atoms with Crippen LogP contribution in [0.4, 0.5) is 0 Å². The Morgan fingerprint density at radius 1 is 0.304 bits per heavy atom. The van der Waals surface area contributed by atoms with E-state index in [0.29, 0.717) is 17.5 Å². The van der Waals surface area contributed by atoms with Crippen LogP contribution in [-0.2, 0) is 0 Å². The predicted octanol–water partition coefficient (Wildman–Crippen LogP) is 12.1. The van der Waals surface area contributed by atoms with Gasteiger partial charge in [0.25, 0.3) is 0 Å². The second-order valence-corrected chi connectivity index (χ2v) is 14.0. The number of para-hydroxylation sites is 2. The Hall–Kier alpha value is -7.70. The Bertz CT molecular complexity index is 3180. The Balaban J connectivity index is 1.08. The number of benzene rings is 7. The van der Waals surface area contributed by atoms with Gasteiger partial charge in [0.2, 0.25) is 0 Å². The van der Waals surface area contributed by atoms with Crippen LogP contribution in [0.1, 0.15) is 0 Å². The van der Waals surface area contributed by atoms with Crippen molar-refractivity contribution in [3.8, 4) is 56.7 Å². The minimum Gasteiger partial charge on any atom is -0.309 e. The van der Waals surface area contributed by atoms with E-state index >= 15 is 0 Å². The van der Waals surface area contributed by atoms with Gasteiger partial charge in [0.15, 0.2) is 17.5 Å². The van der Waals surface area contributed by atoms with Crippen LogP contribution in [0.15, 0.2) is 194 Å². The zero-order valence-electron chi connectivity index (χ0n) is 30.2. The lowest BCUT2D eigenvalue weighted by Gasteiger charge is -2.12. The van der Waals surface area contributed by atoms with Gasteiger partial charge in [-0.25, -0.2) is 19.9 Å². The molecule has 4 heterocycles. The maximum Gasteiger partial charge on any atom is 0.164 e. The van der Waals surface area contributed by atoms with Gasteiger partial charge in [-0.3, -0.25) is 4.57 Å².